The number of primary amides is 1. The van der Waals surface area contributed by atoms with E-state index in [9.17, 15) is 9.59 Å². The number of rotatable bonds is 7. The molecular formula is C9H19N3O3. The van der Waals surface area contributed by atoms with E-state index in [4.69, 9.17) is 11.5 Å². The zero-order valence-corrected chi connectivity index (χ0v) is 8.99. The number of hydrogen-bond acceptors (Lipinski definition) is 4. The van der Waals surface area contributed by atoms with Gasteiger partial charge < -0.3 is 21.5 Å². The monoisotopic (exact) mass is 217 g/mol. The summed E-state index contributed by atoms with van der Waals surface area (Å²) in [5, 5.41) is 2.55. The SMILES string of the molecule is CCCC[C@H](N)C(=O)NCCOC(N)=O. The summed E-state index contributed by atoms with van der Waals surface area (Å²) in [4.78, 5) is 21.5. The van der Waals surface area contributed by atoms with E-state index in [-0.39, 0.29) is 19.1 Å². The highest BCUT2D eigenvalue weighted by molar-refractivity contribution is 5.81. The number of nitrogens with two attached hydrogens (primary N) is 2. The molecule has 0 unspecified atom stereocenters. The van der Waals surface area contributed by atoms with Gasteiger partial charge in [-0.05, 0) is 6.42 Å². The van der Waals surface area contributed by atoms with Gasteiger partial charge in [0.15, 0.2) is 0 Å². The van der Waals surface area contributed by atoms with Crippen LogP contribution < -0.4 is 16.8 Å². The Balaban J connectivity index is 3.51. The summed E-state index contributed by atoms with van der Waals surface area (Å²) in [5.41, 5.74) is 10.3. The molecule has 0 spiro atoms. The summed E-state index contributed by atoms with van der Waals surface area (Å²) in [6.07, 6.45) is 1.75. The second kappa shape index (κ2) is 8.05. The number of unbranched alkanes of at least 4 members (excludes halogenated alkanes) is 1. The average Bonchev–Trinajstić information content (AvgIpc) is 2.20. The van der Waals surface area contributed by atoms with E-state index in [2.05, 4.69) is 10.1 Å². The highest BCUT2D eigenvalue weighted by Gasteiger charge is 2.11. The third-order valence-electron chi connectivity index (χ3n) is 1.85. The fraction of sp³-hybridized carbons (Fsp3) is 0.778. The fourth-order valence-electron chi connectivity index (χ4n) is 1.01. The molecule has 5 N–H and O–H groups in total. The van der Waals surface area contributed by atoms with Crippen LogP contribution >= 0.6 is 0 Å². The van der Waals surface area contributed by atoms with Crippen molar-refractivity contribution < 1.29 is 14.3 Å². The average molecular weight is 217 g/mol. The Morgan fingerprint density at radius 1 is 1.47 bits per heavy atom. The van der Waals surface area contributed by atoms with Crippen LogP contribution in [-0.2, 0) is 9.53 Å². The highest BCUT2D eigenvalue weighted by atomic mass is 16.5. The molecule has 0 bridgehead atoms. The molecule has 0 fully saturated rings. The quantitative estimate of drug-likeness (QED) is 0.509. The number of carbonyl (C=O) groups is 2. The third-order valence-corrected chi connectivity index (χ3v) is 1.85. The molecule has 0 aliphatic carbocycles. The van der Waals surface area contributed by atoms with Crippen molar-refractivity contribution in [1.29, 1.82) is 0 Å². The molecule has 0 aliphatic rings. The van der Waals surface area contributed by atoms with Gasteiger partial charge in [-0.1, -0.05) is 19.8 Å². The van der Waals surface area contributed by atoms with E-state index in [1.165, 1.54) is 0 Å². The van der Waals surface area contributed by atoms with Crippen LogP contribution in [0.5, 0.6) is 0 Å². The van der Waals surface area contributed by atoms with Crippen molar-refractivity contribution in [2.75, 3.05) is 13.2 Å². The number of nitrogens with one attached hydrogen (secondary N) is 1. The van der Waals surface area contributed by atoms with Crippen LogP contribution in [0.15, 0.2) is 0 Å². The van der Waals surface area contributed by atoms with Gasteiger partial charge >= 0.3 is 6.09 Å². The van der Waals surface area contributed by atoms with Gasteiger partial charge in [0, 0.05) is 0 Å². The van der Waals surface area contributed by atoms with E-state index in [1.807, 2.05) is 6.92 Å². The first-order valence-electron chi connectivity index (χ1n) is 5.03. The van der Waals surface area contributed by atoms with Crippen LogP contribution in [0.1, 0.15) is 26.2 Å². The zero-order chi connectivity index (χ0) is 11.7. The number of amides is 2. The van der Waals surface area contributed by atoms with Gasteiger partial charge in [-0.2, -0.15) is 0 Å². The molecule has 2 amide bonds. The molecule has 0 saturated heterocycles. The Morgan fingerprint density at radius 2 is 2.13 bits per heavy atom. The lowest BCUT2D eigenvalue weighted by Crippen LogP contribution is -2.42. The van der Waals surface area contributed by atoms with Crippen LogP contribution in [-0.4, -0.2) is 31.2 Å². The maximum Gasteiger partial charge on any atom is 0.404 e. The predicted molar refractivity (Wildman–Crippen MR) is 56.0 cm³/mol. The molecule has 1 atom stereocenters. The second-order valence-corrected chi connectivity index (χ2v) is 3.21. The minimum Gasteiger partial charge on any atom is -0.448 e. The van der Waals surface area contributed by atoms with Crippen LogP contribution in [0.2, 0.25) is 0 Å². The zero-order valence-electron chi connectivity index (χ0n) is 8.99. The lowest BCUT2D eigenvalue weighted by Gasteiger charge is -2.11. The highest BCUT2D eigenvalue weighted by Crippen LogP contribution is 1.97. The Kier molecular flexibility index (Phi) is 7.35. The van der Waals surface area contributed by atoms with Crippen LogP contribution in [0.4, 0.5) is 4.79 Å². The molecule has 0 aromatic carbocycles. The molecular weight excluding hydrogens is 198 g/mol. The third kappa shape index (κ3) is 7.75. The van der Waals surface area contributed by atoms with Gasteiger partial charge in [-0.3, -0.25) is 4.79 Å². The van der Waals surface area contributed by atoms with Gasteiger partial charge in [0.05, 0.1) is 12.6 Å². The van der Waals surface area contributed by atoms with Crippen molar-refractivity contribution >= 4 is 12.0 Å². The first kappa shape index (κ1) is 13.7. The topological polar surface area (TPSA) is 107 Å². The second-order valence-electron chi connectivity index (χ2n) is 3.21. The van der Waals surface area contributed by atoms with E-state index < -0.39 is 12.1 Å². The van der Waals surface area contributed by atoms with Crippen LogP contribution in [0.25, 0.3) is 0 Å². The van der Waals surface area contributed by atoms with Gasteiger partial charge in [0.1, 0.15) is 6.61 Å². The summed E-state index contributed by atoms with van der Waals surface area (Å²) < 4.78 is 4.44. The summed E-state index contributed by atoms with van der Waals surface area (Å²) in [6.45, 7) is 2.34. The molecule has 0 radical (unpaired) electrons. The minimum absolute atomic E-state index is 0.0710. The molecule has 6 nitrogen and oxygen atoms in total. The molecule has 0 aromatic rings. The van der Waals surface area contributed by atoms with Gasteiger partial charge in [0.2, 0.25) is 5.91 Å². The maximum atomic E-state index is 11.3. The van der Waals surface area contributed by atoms with Crippen LogP contribution in [0, 0.1) is 0 Å². The Hall–Kier alpha value is -1.30. The van der Waals surface area contributed by atoms with Crippen molar-refractivity contribution in [2.45, 2.75) is 32.2 Å². The Bertz CT molecular complexity index is 209. The molecule has 0 aromatic heterocycles. The summed E-state index contributed by atoms with van der Waals surface area (Å²) in [5.74, 6) is -0.225. The van der Waals surface area contributed by atoms with E-state index >= 15 is 0 Å². The van der Waals surface area contributed by atoms with E-state index in [0.717, 1.165) is 12.8 Å². The summed E-state index contributed by atoms with van der Waals surface area (Å²) in [7, 11) is 0. The molecule has 6 heteroatoms. The predicted octanol–water partition coefficient (Wildman–Crippen LogP) is -0.285. The van der Waals surface area contributed by atoms with Crippen molar-refractivity contribution in [2.24, 2.45) is 11.5 Å². The van der Waals surface area contributed by atoms with E-state index in [1.54, 1.807) is 0 Å². The molecule has 15 heavy (non-hydrogen) atoms. The van der Waals surface area contributed by atoms with Gasteiger partial charge in [-0.15, -0.1) is 0 Å². The Morgan fingerprint density at radius 3 is 2.67 bits per heavy atom. The first-order chi connectivity index (χ1) is 7.07. The van der Waals surface area contributed by atoms with Crippen molar-refractivity contribution in [3.8, 4) is 0 Å². The normalized spacial score (nSPS) is 11.9. The standard InChI is InChI=1S/C9H19N3O3/c1-2-3-4-7(10)8(13)12-5-6-15-9(11)14/h7H,2-6,10H2,1H3,(H2,11,14)(H,12,13)/t7-/m0/s1. The van der Waals surface area contributed by atoms with E-state index in [0.29, 0.717) is 6.42 Å². The molecule has 0 heterocycles. The fourth-order valence-corrected chi connectivity index (χ4v) is 1.01. The molecule has 88 valence electrons. The first-order valence-corrected chi connectivity index (χ1v) is 5.03. The molecule has 0 rings (SSSR count). The van der Waals surface area contributed by atoms with Crippen molar-refractivity contribution in [3.05, 3.63) is 0 Å². The number of carbonyl (C=O) groups excluding carboxylic acids is 2. The smallest absolute Gasteiger partial charge is 0.404 e. The minimum atomic E-state index is -0.848. The van der Waals surface area contributed by atoms with Gasteiger partial charge in [-0.25, -0.2) is 4.79 Å². The largest absolute Gasteiger partial charge is 0.448 e. The van der Waals surface area contributed by atoms with Crippen molar-refractivity contribution in [3.63, 3.8) is 0 Å². The lowest BCUT2D eigenvalue weighted by atomic mass is 10.1. The van der Waals surface area contributed by atoms with Gasteiger partial charge in [0.25, 0.3) is 0 Å². The maximum absolute atomic E-state index is 11.3. The number of hydrogen-bond donors (Lipinski definition) is 3. The van der Waals surface area contributed by atoms with Crippen LogP contribution in [0.3, 0.4) is 0 Å². The summed E-state index contributed by atoms with van der Waals surface area (Å²) >= 11 is 0. The van der Waals surface area contributed by atoms with Crippen molar-refractivity contribution in [1.82, 2.24) is 5.32 Å². The molecule has 0 aliphatic heterocycles. The Labute approximate surface area is 89.3 Å². The summed E-state index contributed by atoms with van der Waals surface area (Å²) in [6, 6.07) is -0.487. The lowest BCUT2D eigenvalue weighted by molar-refractivity contribution is -0.122. The molecule has 0 saturated carbocycles. The number of ether oxygens (including phenoxy) is 1.